The molecular formula is C16H11F5O. The molecule has 0 heterocycles. The lowest BCUT2D eigenvalue weighted by Crippen LogP contribution is -2.06. The molecule has 116 valence electrons. The van der Waals surface area contributed by atoms with Gasteiger partial charge in [-0.3, -0.25) is 0 Å². The second kappa shape index (κ2) is 6.17. The van der Waals surface area contributed by atoms with Crippen molar-refractivity contribution in [2.24, 2.45) is 0 Å². The van der Waals surface area contributed by atoms with E-state index in [1.54, 1.807) is 24.3 Å². The standard InChI is InChI=1S/C16H11F5O/c1-3-10(9-6-4-8(2)5-7-9)22-16-14(20)12(18)11(17)13(19)15(16)21/h3-7H,1-2H3. The number of benzene rings is 2. The Hall–Kier alpha value is -2.37. The minimum absolute atomic E-state index is 0.0248. The van der Waals surface area contributed by atoms with E-state index in [-0.39, 0.29) is 5.76 Å². The van der Waals surface area contributed by atoms with Crippen molar-refractivity contribution in [1.29, 1.82) is 0 Å². The number of hydrogen-bond donors (Lipinski definition) is 0. The Labute approximate surface area is 123 Å². The molecule has 0 saturated carbocycles. The first-order chi connectivity index (χ1) is 10.4. The third-order valence-electron chi connectivity index (χ3n) is 2.98. The van der Waals surface area contributed by atoms with Gasteiger partial charge < -0.3 is 4.74 Å². The van der Waals surface area contributed by atoms with E-state index in [9.17, 15) is 22.0 Å². The molecule has 0 atom stereocenters. The molecule has 1 nitrogen and oxygen atoms in total. The van der Waals surface area contributed by atoms with E-state index in [1.807, 2.05) is 6.92 Å². The maximum Gasteiger partial charge on any atom is 0.207 e. The van der Waals surface area contributed by atoms with Gasteiger partial charge in [-0.25, -0.2) is 13.2 Å². The molecule has 2 aromatic carbocycles. The lowest BCUT2D eigenvalue weighted by molar-refractivity contribution is 0.339. The first kappa shape index (κ1) is 16.0. The van der Waals surface area contributed by atoms with Gasteiger partial charge in [0.1, 0.15) is 5.76 Å². The molecule has 0 spiro atoms. The Morgan fingerprint density at radius 3 is 1.73 bits per heavy atom. The summed E-state index contributed by atoms with van der Waals surface area (Å²) in [4.78, 5) is 0. The van der Waals surface area contributed by atoms with E-state index in [2.05, 4.69) is 0 Å². The maximum atomic E-state index is 13.6. The monoisotopic (exact) mass is 314 g/mol. The van der Waals surface area contributed by atoms with Crippen LogP contribution in [0.1, 0.15) is 18.1 Å². The third kappa shape index (κ3) is 2.81. The molecule has 6 heteroatoms. The van der Waals surface area contributed by atoms with Gasteiger partial charge >= 0.3 is 0 Å². The van der Waals surface area contributed by atoms with Gasteiger partial charge in [0.25, 0.3) is 0 Å². The van der Waals surface area contributed by atoms with E-state index in [4.69, 9.17) is 4.74 Å². The fourth-order valence-corrected chi connectivity index (χ4v) is 1.79. The summed E-state index contributed by atoms with van der Waals surface area (Å²) in [6, 6.07) is 6.66. The van der Waals surface area contributed by atoms with E-state index >= 15 is 0 Å². The highest BCUT2D eigenvalue weighted by atomic mass is 19.2. The summed E-state index contributed by atoms with van der Waals surface area (Å²) in [5.74, 6) is -11.7. The molecule has 0 aliphatic carbocycles. The highest BCUT2D eigenvalue weighted by Gasteiger charge is 2.27. The summed E-state index contributed by atoms with van der Waals surface area (Å²) in [5, 5.41) is 0. The summed E-state index contributed by atoms with van der Waals surface area (Å²) < 4.78 is 71.4. The van der Waals surface area contributed by atoms with Crippen LogP contribution in [0.4, 0.5) is 22.0 Å². The van der Waals surface area contributed by atoms with Crippen molar-refractivity contribution in [2.45, 2.75) is 13.8 Å². The smallest absolute Gasteiger partial charge is 0.207 e. The zero-order chi connectivity index (χ0) is 16.4. The summed E-state index contributed by atoms with van der Waals surface area (Å²) in [5.41, 5.74) is 1.38. The molecular weight excluding hydrogens is 303 g/mol. The number of hydrogen-bond acceptors (Lipinski definition) is 1. The number of rotatable bonds is 3. The van der Waals surface area contributed by atoms with Crippen LogP contribution in [-0.2, 0) is 0 Å². The molecule has 2 aromatic rings. The maximum absolute atomic E-state index is 13.6. The normalized spacial score (nSPS) is 11.7. The van der Waals surface area contributed by atoms with Crippen LogP contribution in [0, 0.1) is 36.0 Å². The summed E-state index contributed by atoms with van der Waals surface area (Å²) in [6.07, 6.45) is 1.36. The Kier molecular flexibility index (Phi) is 4.49. The van der Waals surface area contributed by atoms with Crippen molar-refractivity contribution in [3.05, 3.63) is 70.6 Å². The number of ether oxygens (including phenoxy) is 1. The van der Waals surface area contributed by atoms with Crippen molar-refractivity contribution in [2.75, 3.05) is 0 Å². The molecule has 0 amide bonds. The van der Waals surface area contributed by atoms with E-state index in [1.165, 1.54) is 13.0 Å². The predicted octanol–water partition coefficient (Wildman–Crippen LogP) is 5.13. The van der Waals surface area contributed by atoms with Gasteiger partial charge in [-0.15, -0.1) is 0 Å². The fraction of sp³-hybridized carbons (Fsp3) is 0.125. The lowest BCUT2D eigenvalue weighted by atomic mass is 10.1. The fourth-order valence-electron chi connectivity index (χ4n) is 1.79. The molecule has 0 N–H and O–H groups in total. The van der Waals surface area contributed by atoms with E-state index in [0.29, 0.717) is 5.56 Å². The Morgan fingerprint density at radius 1 is 0.818 bits per heavy atom. The Morgan fingerprint density at radius 2 is 1.27 bits per heavy atom. The first-order valence-corrected chi connectivity index (χ1v) is 6.29. The third-order valence-corrected chi connectivity index (χ3v) is 2.98. The average Bonchev–Trinajstić information content (AvgIpc) is 2.52. The molecule has 0 fully saturated rings. The van der Waals surface area contributed by atoms with Crippen LogP contribution in [0.2, 0.25) is 0 Å². The summed E-state index contributed by atoms with van der Waals surface area (Å²) >= 11 is 0. The van der Waals surface area contributed by atoms with E-state index in [0.717, 1.165) is 5.56 Å². The van der Waals surface area contributed by atoms with Crippen LogP contribution < -0.4 is 4.74 Å². The van der Waals surface area contributed by atoms with Crippen LogP contribution in [0.25, 0.3) is 5.76 Å². The first-order valence-electron chi connectivity index (χ1n) is 6.29. The second-order valence-electron chi connectivity index (χ2n) is 4.52. The second-order valence-corrected chi connectivity index (χ2v) is 4.52. The molecule has 0 aliphatic rings. The van der Waals surface area contributed by atoms with Gasteiger partial charge in [-0.1, -0.05) is 29.8 Å². The minimum Gasteiger partial charge on any atom is -0.451 e. The van der Waals surface area contributed by atoms with Gasteiger partial charge in [0.05, 0.1) is 0 Å². The van der Waals surface area contributed by atoms with Crippen molar-refractivity contribution < 1.29 is 26.7 Å². The van der Waals surface area contributed by atoms with Crippen LogP contribution in [0.3, 0.4) is 0 Å². The van der Waals surface area contributed by atoms with Crippen molar-refractivity contribution in [3.63, 3.8) is 0 Å². The zero-order valence-electron chi connectivity index (χ0n) is 11.7. The molecule has 22 heavy (non-hydrogen) atoms. The SMILES string of the molecule is CC=C(Oc1c(F)c(F)c(F)c(F)c1F)c1ccc(C)cc1. The van der Waals surface area contributed by atoms with Crippen LogP contribution in [-0.4, -0.2) is 0 Å². The minimum atomic E-state index is -2.22. The topological polar surface area (TPSA) is 9.23 Å². The highest BCUT2D eigenvalue weighted by Crippen LogP contribution is 2.32. The van der Waals surface area contributed by atoms with Crippen molar-refractivity contribution in [1.82, 2.24) is 0 Å². The molecule has 0 aromatic heterocycles. The predicted molar refractivity (Wildman–Crippen MR) is 71.7 cm³/mol. The highest BCUT2D eigenvalue weighted by molar-refractivity contribution is 5.62. The van der Waals surface area contributed by atoms with Crippen molar-refractivity contribution >= 4 is 5.76 Å². The van der Waals surface area contributed by atoms with Gasteiger partial charge in [0, 0.05) is 5.56 Å². The molecule has 0 saturated heterocycles. The number of allylic oxidation sites excluding steroid dienone is 1. The van der Waals surface area contributed by atoms with Crippen LogP contribution in [0.5, 0.6) is 5.75 Å². The molecule has 0 radical (unpaired) electrons. The molecule has 0 aliphatic heterocycles. The number of aryl methyl sites for hydroxylation is 1. The summed E-state index contributed by atoms with van der Waals surface area (Å²) in [7, 11) is 0. The van der Waals surface area contributed by atoms with Gasteiger partial charge in [0.2, 0.25) is 34.8 Å². The lowest BCUT2D eigenvalue weighted by Gasteiger charge is -2.13. The van der Waals surface area contributed by atoms with Gasteiger partial charge in [0.15, 0.2) is 0 Å². The van der Waals surface area contributed by atoms with Crippen LogP contribution >= 0.6 is 0 Å². The quantitative estimate of drug-likeness (QED) is 0.330. The molecule has 0 unspecified atom stereocenters. The zero-order valence-corrected chi connectivity index (χ0v) is 11.7. The Balaban J connectivity index is 2.47. The van der Waals surface area contributed by atoms with E-state index < -0.39 is 34.8 Å². The Bertz CT molecular complexity index is 706. The van der Waals surface area contributed by atoms with Crippen molar-refractivity contribution in [3.8, 4) is 5.75 Å². The summed E-state index contributed by atoms with van der Waals surface area (Å²) in [6.45, 7) is 3.35. The van der Waals surface area contributed by atoms with Gasteiger partial charge in [-0.05, 0) is 19.9 Å². The average molecular weight is 314 g/mol. The van der Waals surface area contributed by atoms with Gasteiger partial charge in [-0.2, -0.15) is 8.78 Å². The largest absolute Gasteiger partial charge is 0.451 e. The molecule has 0 bridgehead atoms. The molecule has 2 rings (SSSR count). The number of halogens is 5. The van der Waals surface area contributed by atoms with Crippen LogP contribution in [0.15, 0.2) is 30.3 Å².